The maximum absolute atomic E-state index is 13.9. The van der Waals surface area contributed by atoms with Gasteiger partial charge in [-0.05, 0) is 70.8 Å². The Morgan fingerprint density at radius 3 is 2.26 bits per heavy atom. The summed E-state index contributed by atoms with van der Waals surface area (Å²) < 4.78 is 32.6. The number of benzene rings is 1. The van der Waals surface area contributed by atoms with Gasteiger partial charge >= 0.3 is 6.03 Å². The Balaban J connectivity index is 1.27. The zero-order chi connectivity index (χ0) is 30.1. The summed E-state index contributed by atoms with van der Waals surface area (Å²) >= 11 is 0. The van der Waals surface area contributed by atoms with E-state index in [1.807, 2.05) is 49.1 Å². The predicted octanol–water partition coefficient (Wildman–Crippen LogP) is 5.13. The summed E-state index contributed by atoms with van der Waals surface area (Å²) in [6.45, 7) is 5.58. The molecule has 3 heterocycles. The highest BCUT2D eigenvalue weighted by Crippen LogP contribution is 2.48. The Morgan fingerprint density at radius 2 is 1.67 bits per heavy atom. The lowest BCUT2D eigenvalue weighted by molar-refractivity contribution is -0.138. The number of nitrogens with one attached hydrogen (secondary N) is 1. The summed E-state index contributed by atoms with van der Waals surface area (Å²) in [6.07, 6.45) is 4.42. The number of hydrogen-bond acceptors (Lipinski definition) is 5. The molecule has 1 aromatic rings. The molecule has 232 valence electrons. The number of carbonyl (C=O) groups is 3. The number of hydrogen-bond donors (Lipinski definition) is 1. The standard InChI is InChI=1S/C32H46F2N4O4/c1-22(2)38-30(41)37(17-7-19-42-3)29(40)31(38)20-25-10-11-26(21-31)36(25)18-14-27(23-8-5-4-6-9-23)35-28(39)24-12-15-32(33,34)16-13-24/h4-6,8-9,22,24-27H,7,10-21H2,1-3H3,(H,35,39)/t25?,26?,27-,31?/m0/s1. The van der Waals surface area contributed by atoms with Crippen molar-refractivity contribution in [1.82, 2.24) is 20.0 Å². The molecule has 3 atom stereocenters. The fourth-order valence-electron chi connectivity index (χ4n) is 7.96. The van der Waals surface area contributed by atoms with E-state index in [0.717, 1.165) is 24.9 Å². The number of piperidine rings is 1. The molecule has 2 bridgehead atoms. The Labute approximate surface area is 248 Å². The Bertz CT molecular complexity index is 1110. The second kappa shape index (κ2) is 12.6. The molecule has 1 spiro atoms. The lowest BCUT2D eigenvalue weighted by Gasteiger charge is -2.48. The second-order valence-corrected chi connectivity index (χ2v) is 13.0. The van der Waals surface area contributed by atoms with E-state index in [1.165, 1.54) is 4.90 Å². The number of halogens is 2. The van der Waals surface area contributed by atoms with Gasteiger partial charge in [0.25, 0.3) is 5.91 Å². The molecule has 1 aromatic carbocycles. The number of fused-ring (bicyclic) bond motifs is 2. The van der Waals surface area contributed by atoms with Crippen LogP contribution in [0.4, 0.5) is 13.6 Å². The number of carbonyl (C=O) groups excluding carboxylic acids is 3. The fraction of sp³-hybridized carbons (Fsp3) is 0.719. The minimum atomic E-state index is -2.67. The van der Waals surface area contributed by atoms with Crippen LogP contribution in [0.15, 0.2) is 30.3 Å². The quantitative estimate of drug-likeness (QED) is 0.286. The summed E-state index contributed by atoms with van der Waals surface area (Å²) in [5.41, 5.74) is 0.193. The molecule has 0 aromatic heterocycles. The Morgan fingerprint density at radius 1 is 1.02 bits per heavy atom. The highest BCUT2D eigenvalue weighted by molar-refractivity contribution is 6.07. The second-order valence-electron chi connectivity index (χ2n) is 13.0. The van der Waals surface area contributed by atoms with Crippen molar-refractivity contribution in [2.45, 2.75) is 114 Å². The van der Waals surface area contributed by atoms with Gasteiger partial charge in [-0.2, -0.15) is 0 Å². The van der Waals surface area contributed by atoms with Gasteiger partial charge in [-0.1, -0.05) is 30.3 Å². The van der Waals surface area contributed by atoms with Crippen molar-refractivity contribution < 1.29 is 27.9 Å². The number of methoxy groups -OCH3 is 1. The molecule has 3 saturated heterocycles. The van der Waals surface area contributed by atoms with Gasteiger partial charge in [0.15, 0.2) is 0 Å². The van der Waals surface area contributed by atoms with Gasteiger partial charge in [-0.25, -0.2) is 13.6 Å². The normalized spacial score (nSPS) is 28.7. The minimum Gasteiger partial charge on any atom is -0.385 e. The van der Waals surface area contributed by atoms with Crippen LogP contribution in [-0.4, -0.2) is 88.9 Å². The topological polar surface area (TPSA) is 82.2 Å². The predicted molar refractivity (Wildman–Crippen MR) is 155 cm³/mol. The number of nitrogens with zero attached hydrogens (tertiary/aromatic N) is 3. The number of rotatable bonds is 11. The molecule has 2 unspecified atom stereocenters. The van der Waals surface area contributed by atoms with Gasteiger partial charge in [-0.15, -0.1) is 0 Å². The number of alkyl halides is 2. The highest BCUT2D eigenvalue weighted by Gasteiger charge is 2.63. The van der Waals surface area contributed by atoms with Crippen molar-refractivity contribution in [3.63, 3.8) is 0 Å². The molecular formula is C32H46F2N4O4. The first-order valence-electron chi connectivity index (χ1n) is 15.7. The van der Waals surface area contributed by atoms with E-state index in [2.05, 4.69) is 10.2 Å². The van der Waals surface area contributed by atoms with Crippen LogP contribution in [0.5, 0.6) is 0 Å². The van der Waals surface area contributed by atoms with E-state index in [4.69, 9.17) is 4.74 Å². The number of urea groups is 1. The SMILES string of the molecule is COCCCN1C(=O)N(C(C)C)C2(CC3CCC(C2)N3CC[C@H](NC(=O)C2CCC(F)(F)CC2)c2ccccc2)C1=O. The average molecular weight is 589 g/mol. The van der Waals surface area contributed by atoms with Crippen LogP contribution in [0, 0.1) is 5.92 Å². The van der Waals surface area contributed by atoms with Crippen LogP contribution in [-0.2, 0) is 14.3 Å². The Kier molecular flexibility index (Phi) is 9.23. The van der Waals surface area contributed by atoms with Gasteiger partial charge in [0, 0.05) is 63.7 Å². The molecule has 8 nitrogen and oxygen atoms in total. The van der Waals surface area contributed by atoms with E-state index >= 15 is 0 Å². The third-order valence-electron chi connectivity index (χ3n) is 9.99. The third kappa shape index (κ3) is 6.07. The van der Waals surface area contributed by atoms with Crippen LogP contribution in [0.25, 0.3) is 0 Å². The lowest BCUT2D eigenvalue weighted by Crippen LogP contribution is -2.61. The van der Waals surface area contributed by atoms with Crippen molar-refractivity contribution in [2.75, 3.05) is 26.8 Å². The maximum Gasteiger partial charge on any atom is 0.327 e. The molecule has 42 heavy (non-hydrogen) atoms. The first kappa shape index (κ1) is 30.9. The van der Waals surface area contributed by atoms with Crippen LogP contribution in [0.2, 0.25) is 0 Å². The molecule has 1 saturated carbocycles. The van der Waals surface area contributed by atoms with Crippen LogP contribution >= 0.6 is 0 Å². The zero-order valence-corrected chi connectivity index (χ0v) is 25.2. The number of imide groups is 1. The summed E-state index contributed by atoms with van der Waals surface area (Å²) in [7, 11) is 1.62. The van der Waals surface area contributed by atoms with Crippen molar-refractivity contribution in [1.29, 1.82) is 0 Å². The van der Waals surface area contributed by atoms with Crippen molar-refractivity contribution >= 4 is 17.8 Å². The van der Waals surface area contributed by atoms with Crippen LogP contribution < -0.4 is 5.32 Å². The molecule has 1 N–H and O–H groups in total. The third-order valence-corrected chi connectivity index (χ3v) is 9.99. The van der Waals surface area contributed by atoms with E-state index in [9.17, 15) is 23.2 Å². The van der Waals surface area contributed by atoms with Gasteiger partial charge in [0.1, 0.15) is 5.54 Å². The zero-order valence-electron chi connectivity index (χ0n) is 25.2. The van der Waals surface area contributed by atoms with Crippen molar-refractivity contribution in [2.24, 2.45) is 5.92 Å². The molecule has 4 fully saturated rings. The molecule has 0 radical (unpaired) electrons. The Hall–Kier alpha value is -2.59. The van der Waals surface area contributed by atoms with Gasteiger partial charge in [0.05, 0.1) is 6.04 Å². The van der Waals surface area contributed by atoms with E-state index in [0.29, 0.717) is 38.8 Å². The first-order chi connectivity index (χ1) is 20.1. The molecule has 4 aliphatic rings. The van der Waals surface area contributed by atoms with Gasteiger partial charge < -0.3 is 15.0 Å². The summed E-state index contributed by atoms with van der Waals surface area (Å²) in [6, 6.07) is 9.69. The van der Waals surface area contributed by atoms with E-state index in [1.54, 1.807) is 7.11 Å². The summed E-state index contributed by atoms with van der Waals surface area (Å²) in [4.78, 5) is 46.3. The molecule has 1 aliphatic carbocycles. The molecule has 4 amide bonds. The van der Waals surface area contributed by atoms with Crippen molar-refractivity contribution in [3.05, 3.63) is 35.9 Å². The molecule has 3 aliphatic heterocycles. The summed E-state index contributed by atoms with van der Waals surface area (Å²) in [5, 5.41) is 3.20. The molecular weight excluding hydrogens is 542 g/mol. The largest absolute Gasteiger partial charge is 0.385 e. The monoisotopic (exact) mass is 588 g/mol. The number of ether oxygens (including phenoxy) is 1. The molecule has 10 heteroatoms. The maximum atomic E-state index is 13.9. The lowest BCUT2D eigenvalue weighted by atomic mass is 9.80. The highest BCUT2D eigenvalue weighted by atomic mass is 19.3. The van der Waals surface area contributed by atoms with Gasteiger partial charge in [-0.3, -0.25) is 19.4 Å². The summed E-state index contributed by atoms with van der Waals surface area (Å²) in [5.74, 6) is -3.27. The average Bonchev–Trinajstić information content (AvgIpc) is 3.31. The van der Waals surface area contributed by atoms with E-state index < -0.39 is 11.5 Å². The van der Waals surface area contributed by atoms with E-state index in [-0.39, 0.29) is 73.6 Å². The minimum absolute atomic E-state index is 0.0682. The van der Waals surface area contributed by atoms with Crippen molar-refractivity contribution in [3.8, 4) is 0 Å². The first-order valence-corrected chi connectivity index (χ1v) is 15.7. The smallest absolute Gasteiger partial charge is 0.327 e. The number of amides is 4. The van der Waals surface area contributed by atoms with Gasteiger partial charge in [0.2, 0.25) is 11.8 Å². The van der Waals surface area contributed by atoms with Crippen LogP contribution in [0.1, 0.15) is 89.7 Å². The van der Waals surface area contributed by atoms with Crippen LogP contribution in [0.3, 0.4) is 0 Å². The fourth-order valence-corrected chi connectivity index (χ4v) is 7.96. The molecule has 5 rings (SSSR count).